The van der Waals surface area contributed by atoms with Gasteiger partial charge in [-0.15, -0.1) is 0 Å². The first-order chi connectivity index (χ1) is 9.63. The Labute approximate surface area is 118 Å². The average Bonchev–Trinajstić information content (AvgIpc) is 2.87. The van der Waals surface area contributed by atoms with Crippen LogP contribution in [0, 0.1) is 5.92 Å². The molecule has 2 fully saturated rings. The van der Waals surface area contributed by atoms with Gasteiger partial charge in [0.05, 0.1) is 5.92 Å². The third-order valence-corrected chi connectivity index (χ3v) is 4.10. The third kappa shape index (κ3) is 2.64. The number of carboxylic acids is 1. The Kier molecular flexibility index (Phi) is 3.63. The molecule has 1 aromatic rings. The van der Waals surface area contributed by atoms with Crippen LogP contribution < -0.4 is 10.1 Å². The minimum absolute atomic E-state index is 0.0742. The van der Waals surface area contributed by atoms with Crippen LogP contribution >= 0.6 is 0 Å². The number of likely N-dealkylation sites (tertiary alicyclic amines) is 1. The molecule has 2 aliphatic rings. The van der Waals surface area contributed by atoms with E-state index in [2.05, 4.69) is 17.3 Å². The standard InChI is InChI=1S/C15H20N2O3/c1-17-8-11(9-17)20-14-5-3-2-4-12(14)13-6-10(7-16-13)15(18)19/h2-5,10-11,13,16H,6-9H2,1H3,(H,18,19). The predicted molar refractivity (Wildman–Crippen MR) is 74.8 cm³/mol. The molecule has 5 nitrogen and oxygen atoms in total. The molecule has 0 aliphatic carbocycles. The minimum atomic E-state index is -0.723. The van der Waals surface area contributed by atoms with Crippen LogP contribution in [-0.2, 0) is 4.79 Å². The molecule has 3 rings (SSSR count). The molecule has 0 bridgehead atoms. The monoisotopic (exact) mass is 276 g/mol. The highest BCUT2D eigenvalue weighted by molar-refractivity contribution is 5.71. The molecule has 1 aromatic carbocycles. The van der Waals surface area contributed by atoms with E-state index in [1.54, 1.807) is 0 Å². The number of benzene rings is 1. The maximum Gasteiger partial charge on any atom is 0.307 e. The Morgan fingerprint density at radius 1 is 1.40 bits per heavy atom. The van der Waals surface area contributed by atoms with E-state index in [1.165, 1.54) is 0 Å². The Morgan fingerprint density at radius 3 is 2.80 bits per heavy atom. The molecule has 2 saturated heterocycles. The molecule has 0 aromatic heterocycles. The van der Waals surface area contributed by atoms with Crippen LogP contribution in [0.4, 0.5) is 0 Å². The molecule has 0 amide bonds. The summed E-state index contributed by atoms with van der Waals surface area (Å²) in [4.78, 5) is 13.3. The highest BCUT2D eigenvalue weighted by atomic mass is 16.5. The number of aliphatic carboxylic acids is 1. The summed E-state index contributed by atoms with van der Waals surface area (Å²) in [6.07, 6.45) is 0.873. The number of carbonyl (C=O) groups is 1. The van der Waals surface area contributed by atoms with Crippen LogP contribution in [0.3, 0.4) is 0 Å². The van der Waals surface area contributed by atoms with E-state index in [9.17, 15) is 4.79 Å². The van der Waals surface area contributed by atoms with Crippen molar-refractivity contribution >= 4 is 5.97 Å². The Bertz CT molecular complexity index is 500. The van der Waals surface area contributed by atoms with Gasteiger partial charge in [0.15, 0.2) is 0 Å². The molecule has 108 valence electrons. The van der Waals surface area contributed by atoms with Crippen LogP contribution in [0.2, 0.25) is 0 Å². The smallest absolute Gasteiger partial charge is 0.307 e. The molecule has 2 aliphatic heterocycles. The fourth-order valence-electron chi connectivity index (χ4n) is 2.93. The quantitative estimate of drug-likeness (QED) is 0.863. The van der Waals surface area contributed by atoms with Gasteiger partial charge in [-0.3, -0.25) is 9.69 Å². The molecule has 0 spiro atoms. The molecule has 0 saturated carbocycles. The minimum Gasteiger partial charge on any atom is -0.487 e. The maximum atomic E-state index is 11.1. The van der Waals surface area contributed by atoms with Gasteiger partial charge in [0.1, 0.15) is 11.9 Å². The molecule has 5 heteroatoms. The summed E-state index contributed by atoms with van der Waals surface area (Å²) in [6, 6.07) is 8.02. The lowest BCUT2D eigenvalue weighted by molar-refractivity contribution is -0.141. The summed E-state index contributed by atoms with van der Waals surface area (Å²) >= 11 is 0. The van der Waals surface area contributed by atoms with Crippen molar-refractivity contribution in [2.75, 3.05) is 26.7 Å². The second-order valence-electron chi connectivity index (χ2n) is 5.73. The van der Waals surface area contributed by atoms with Crippen LogP contribution in [0.1, 0.15) is 18.0 Å². The highest BCUT2D eigenvalue weighted by Crippen LogP contribution is 2.34. The third-order valence-electron chi connectivity index (χ3n) is 4.10. The lowest BCUT2D eigenvalue weighted by Gasteiger charge is -2.36. The van der Waals surface area contributed by atoms with Crippen molar-refractivity contribution in [3.63, 3.8) is 0 Å². The van der Waals surface area contributed by atoms with E-state index in [0.717, 1.165) is 24.4 Å². The largest absolute Gasteiger partial charge is 0.487 e. The summed E-state index contributed by atoms with van der Waals surface area (Å²) in [6.45, 7) is 2.43. The SMILES string of the molecule is CN1CC(Oc2ccccc2C2CC(C(=O)O)CN2)C1. The highest BCUT2D eigenvalue weighted by Gasteiger charge is 2.32. The lowest BCUT2D eigenvalue weighted by atomic mass is 9.99. The van der Waals surface area contributed by atoms with E-state index in [-0.39, 0.29) is 18.1 Å². The van der Waals surface area contributed by atoms with Crippen molar-refractivity contribution in [1.82, 2.24) is 10.2 Å². The zero-order valence-corrected chi connectivity index (χ0v) is 11.6. The van der Waals surface area contributed by atoms with Crippen molar-refractivity contribution in [1.29, 1.82) is 0 Å². The van der Waals surface area contributed by atoms with Gasteiger partial charge in [0.25, 0.3) is 0 Å². The topological polar surface area (TPSA) is 61.8 Å². The fourth-order valence-corrected chi connectivity index (χ4v) is 2.93. The van der Waals surface area contributed by atoms with E-state index >= 15 is 0 Å². The summed E-state index contributed by atoms with van der Waals surface area (Å²) in [5.74, 6) is -0.143. The van der Waals surface area contributed by atoms with Crippen molar-refractivity contribution < 1.29 is 14.6 Å². The number of likely N-dealkylation sites (N-methyl/N-ethyl adjacent to an activating group) is 1. The molecule has 2 heterocycles. The van der Waals surface area contributed by atoms with Gasteiger partial charge < -0.3 is 15.2 Å². The van der Waals surface area contributed by atoms with Crippen molar-refractivity contribution in [2.45, 2.75) is 18.6 Å². The predicted octanol–water partition coefficient (Wildman–Crippen LogP) is 1.11. The first-order valence-corrected chi connectivity index (χ1v) is 7.04. The van der Waals surface area contributed by atoms with Gasteiger partial charge in [0.2, 0.25) is 0 Å². The Hall–Kier alpha value is -1.59. The molecule has 2 unspecified atom stereocenters. The van der Waals surface area contributed by atoms with Crippen molar-refractivity contribution in [3.8, 4) is 5.75 Å². The Morgan fingerprint density at radius 2 is 2.15 bits per heavy atom. The zero-order chi connectivity index (χ0) is 14.1. The van der Waals surface area contributed by atoms with E-state index in [0.29, 0.717) is 13.0 Å². The number of carboxylic acid groups (broad SMARTS) is 1. The second kappa shape index (κ2) is 5.42. The van der Waals surface area contributed by atoms with Crippen molar-refractivity contribution in [2.24, 2.45) is 5.92 Å². The van der Waals surface area contributed by atoms with E-state index in [4.69, 9.17) is 9.84 Å². The molecule has 2 atom stereocenters. The van der Waals surface area contributed by atoms with Gasteiger partial charge >= 0.3 is 5.97 Å². The summed E-state index contributed by atoms with van der Waals surface area (Å²) < 4.78 is 6.03. The molecular formula is C15H20N2O3. The number of rotatable bonds is 4. The number of hydrogen-bond acceptors (Lipinski definition) is 4. The first kappa shape index (κ1) is 13.4. The maximum absolute atomic E-state index is 11.1. The Balaban J connectivity index is 1.71. The second-order valence-corrected chi connectivity index (χ2v) is 5.73. The molecular weight excluding hydrogens is 256 g/mol. The average molecular weight is 276 g/mol. The normalized spacial score (nSPS) is 27.2. The van der Waals surface area contributed by atoms with Crippen molar-refractivity contribution in [3.05, 3.63) is 29.8 Å². The van der Waals surface area contributed by atoms with Gasteiger partial charge in [-0.2, -0.15) is 0 Å². The number of hydrogen-bond donors (Lipinski definition) is 2. The van der Waals surface area contributed by atoms with Gasteiger partial charge in [0, 0.05) is 31.2 Å². The first-order valence-electron chi connectivity index (χ1n) is 7.04. The summed E-state index contributed by atoms with van der Waals surface area (Å²) in [7, 11) is 2.07. The molecule has 0 radical (unpaired) electrons. The fraction of sp³-hybridized carbons (Fsp3) is 0.533. The lowest BCUT2D eigenvalue weighted by Crippen LogP contribution is -2.51. The number of nitrogens with zero attached hydrogens (tertiary/aromatic N) is 1. The van der Waals surface area contributed by atoms with E-state index in [1.807, 2.05) is 24.3 Å². The number of ether oxygens (including phenoxy) is 1. The van der Waals surface area contributed by atoms with Crippen LogP contribution in [0.5, 0.6) is 5.75 Å². The van der Waals surface area contributed by atoms with Crippen LogP contribution in [-0.4, -0.2) is 48.8 Å². The zero-order valence-electron chi connectivity index (χ0n) is 11.6. The molecule has 2 N–H and O–H groups in total. The van der Waals surface area contributed by atoms with Gasteiger partial charge in [-0.1, -0.05) is 18.2 Å². The van der Waals surface area contributed by atoms with Crippen LogP contribution in [0.15, 0.2) is 24.3 Å². The number of nitrogens with one attached hydrogen (secondary N) is 1. The summed E-state index contributed by atoms with van der Waals surface area (Å²) in [5, 5.41) is 12.4. The number of para-hydroxylation sites is 1. The van der Waals surface area contributed by atoms with Gasteiger partial charge in [-0.05, 0) is 19.5 Å². The van der Waals surface area contributed by atoms with Crippen LogP contribution in [0.25, 0.3) is 0 Å². The molecule has 20 heavy (non-hydrogen) atoms. The summed E-state index contributed by atoms with van der Waals surface area (Å²) in [5.41, 5.74) is 1.07. The van der Waals surface area contributed by atoms with Gasteiger partial charge in [-0.25, -0.2) is 0 Å². The van der Waals surface area contributed by atoms with E-state index < -0.39 is 5.97 Å².